The molecule has 0 aliphatic heterocycles. The van der Waals surface area contributed by atoms with E-state index in [2.05, 4.69) is 0 Å². The van der Waals surface area contributed by atoms with E-state index in [9.17, 15) is 0 Å². The third-order valence-electron chi connectivity index (χ3n) is 1.54. The van der Waals surface area contributed by atoms with Gasteiger partial charge in [0.15, 0.2) is 0 Å². The van der Waals surface area contributed by atoms with Crippen LogP contribution in [0.4, 0.5) is 0 Å². The number of halogens is 1. The molecule has 0 radical (unpaired) electrons. The van der Waals surface area contributed by atoms with Crippen molar-refractivity contribution in [2.75, 3.05) is 20.1 Å². The number of hydrogen-bond acceptors (Lipinski definition) is 3. The van der Waals surface area contributed by atoms with E-state index >= 15 is 0 Å². The Bertz CT molecular complexity index is 156. The van der Waals surface area contributed by atoms with Gasteiger partial charge < -0.3 is 10.0 Å². The molecule has 0 aromatic rings. The maximum absolute atomic E-state index is 8.97. The SMILES string of the molecule is CC(O)CCN(C)CC(Cl)C#N. The number of hydrogen-bond donors (Lipinski definition) is 1. The van der Waals surface area contributed by atoms with Crippen LogP contribution >= 0.6 is 11.6 Å². The van der Waals surface area contributed by atoms with Crippen LogP contribution in [-0.4, -0.2) is 41.6 Å². The van der Waals surface area contributed by atoms with Crippen molar-refractivity contribution in [2.24, 2.45) is 0 Å². The fraction of sp³-hybridized carbons (Fsp3) is 0.875. The first kappa shape index (κ1) is 11.7. The average molecular weight is 191 g/mol. The lowest BCUT2D eigenvalue weighted by molar-refractivity contribution is 0.165. The molecule has 70 valence electrons. The highest BCUT2D eigenvalue weighted by molar-refractivity contribution is 6.22. The summed E-state index contributed by atoms with van der Waals surface area (Å²) < 4.78 is 0. The molecule has 0 rings (SSSR count). The summed E-state index contributed by atoms with van der Waals surface area (Å²) in [6, 6.07) is 1.94. The molecule has 0 aromatic carbocycles. The molecule has 0 fully saturated rings. The Hall–Kier alpha value is -0.300. The molecular weight excluding hydrogens is 176 g/mol. The summed E-state index contributed by atoms with van der Waals surface area (Å²) in [7, 11) is 1.88. The summed E-state index contributed by atoms with van der Waals surface area (Å²) in [5, 5.41) is 16.9. The van der Waals surface area contributed by atoms with Gasteiger partial charge in [-0.05, 0) is 20.4 Å². The number of alkyl halides is 1. The Morgan fingerprint density at radius 1 is 1.67 bits per heavy atom. The van der Waals surface area contributed by atoms with Gasteiger partial charge in [0.2, 0.25) is 0 Å². The number of aliphatic hydroxyl groups excluding tert-OH is 1. The summed E-state index contributed by atoms with van der Waals surface area (Å²) in [5.41, 5.74) is 0. The normalized spacial score (nSPS) is 15.7. The molecule has 0 aliphatic carbocycles. The molecule has 0 bridgehead atoms. The number of nitriles is 1. The number of rotatable bonds is 5. The molecular formula is C8H15ClN2O. The maximum atomic E-state index is 8.97. The molecule has 12 heavy (non-hydrogen) atoms. The van der Waals surface area contributed by atoms with Gasteiger partial charge in [0, 0.05) is 13.1 Å². The van der Waals surface area contributed by atoms with Crippen molar-refractivity contribution >= 4 is 11.6 Å². The minimum absolute atomic E-state index is 0.289. The Morgan fingerprint density at radius 2 is 2.25 bits per heavy atom. The van der Waals surface area contributed by atoms with Gasteiger partial charge in [-0.15, -0.1) is 11.6 Å². The molecule has 1 N–H and O–H groups in total. The minimum Gasteiger partial charge on any atom is -0.393 e. The second-order valence-corrected chi connectivity index (χ2v) is 3.52. The summed E-state index contributed by atoms with van der Waals surface area (Å²) in [4.78, 5) is 1.94. The minimum atomic E-state index is -0.455. The van der Waals surface area contributed by atoms with E-state index in [1.54, 1.807) is 6.92 Å². The van der Waals surface area contributed by atoms with E-state index in [-0.39, 0.29) is 6.10 Å². The van der Waals surface area contributed by atoms with Crippen molar-refractivity contribution < 1.29 is 5.11 Å². The summed E-state index contributed by atoms with van der Waals surface area (Å²) in [6.07, 6.45) is 0.425. The topological polar surface area (TPSA) is 47.3 Å². The van der Waals surface area contributed by atoms with Crippen molar-refractivity contribution in [1.82, 2.24) is 4.90 Å². The zero-order valence-electron chi connectivity index (χ0n) is 7.50. The largest absolute Gasteiger partial charge is 0.393 e. The van der Waals surface area contributed by atoms with Crippen molar-refractivity contribution in [2.45, 2.75) is 24.8 Å². The molecule has 0 saturated carbocycles. The van der Waals surface area contributed by atoms with Crippen LogP contribution in [0, 0.1) is 11.3 Å². The molecule has 0 aliphatic rings. The van der Waals surface area contributed by atoms with Crippen LogP contribution in [0.15, 0.2) is 0 Å². The van der Waals surface area contributed by atoms with E-state index in [0.717, 1.165) is 6.54 Å². The van der Waals surface area contributed by atoms with Crippen molar-refractivity contribution in [3.63, 3.8) is 0 Å². The van der Waals surface area contributed by atoms with E-state index < -0.39 is 5.38 Å². The van der Waals surface area contributed by atoms with Gasteiger partial charge in [-0.1, -0.05) is 0 Å². The van der Waals surface area contributed by atoms with Gasteiger partial charge in [0.25, 0.3) is 0 Å². The molecule has 0 heterocycles. The van der Waals surface area contributed by atoms with Crippen LogP contribution in [0.2, 0.25) is 0 Å². The Balaban J connectivity index is 3.47. The first-order chi connectivity index (χ1) is 5.56. The first-order valence-corrected chi connectivity index (χ1v) is 4.40. The third kappa shape index (κ3) is 6.41. The zero-order valence-corrected chi connectivity index (χ0v) is 8.25. The quantitative estimate of drug-likeness (QED) is 0.653. The van der Waals surface area contributed by atoms with Gasteiger partial charge in [-0.2, -0.15) is 5.26 Å². The van der Waals surface area contributed by atoms with E-state index in [1.807, 2.05) is 18.0 Å². The van der Waals surface area contributed by atoms with E-state index in [0.29, 0.717) is 13.0 Å². The average Bonchev–Trinajstić information content (AvgIpc) is 2.00. The predicted octanol–water partition coefficient (Wildman–Crippen LogP) is 0.820. The lowest BCUT2D eigenvalue weighted by atomic mass is 10.2. The van der Waals surface area contributed by atoms with Crippen LogP contribution in [-0.2, 0) is 0 Å². The Labute approximate surface area is 78.5 Å². The van der Waals surface area contributed by atoms with Crippen molar-refractivity contribution in [3.05, 3.63) is 0 Å². The van der Waals surface area contributed by atoms with Crippen molar-refractivity contribution in [1.29, 1.82) is 5.26 Å². The third-order valence-corrected chi connectivity index (χ3v) is 1.78. The van der Waals surface area contributed by atoms with Crippen LogP contribution in [0.3, 0.4) is 0 Å². The van der Waals surface area contributed by atoms with Crippen LogP contribution in [0.1, 0.15) is 13.3 Å². The highest BCUT2D eigenvalue weighted by atomic mass is 35.5. The van der Waals surface area contributed by atoms with Gasteiger partial charge >= 0.3 is 0 Å². The standard InChI is InChI=1S/C8H15ClN2O/c1-7(12)3-4-11(2)6-8(9)5-10/h7-8,12H,3-4,6H2,1-2H3. The second kappa shape index (κ2) is 6.24. The molecule has 0 aromatic heterocycles. The van der Waals surface area contributed by atoms with Crippen molar-refractivity contribution in [3.8, 4) is 6.07 Å². The van der Waals surface area contributed by atoms with Crippen LogP contribution in [0.5, 0.6) is 0 Å². The fourth-order valence-corrected chi connectivity index (χ4v) is 1.05. The first-order valence-electron chi connectivity index (χ1n) is 3.96. The summed E-state index contributed by atoms with van der Waals surface area (Å²) in [5.74, 6) is 0. The number of aliphatic hydroxyl groups is 1. The summed E-state index contributed by atoms with van der Waals surface area (Å²) >= 11 is 5.61. The second-order valence-electron chi connectivity index (χ2n) is 3.00. The van der Waals surface area contributed by atoms with E-state index in [4.69, 9.17) is 22.0 Å². The van der Waals surface area contributed by atoms with Gasteiger partial charge in [0.1, 0.15) is 5.38 Å². The highest BCUT2D eigenvalue weighted by Crippen LogP contribution is 1.99. The fourth-order valence-electron chi connectivity index (χ4n) is 0.813. The molecule has 2 atom stereocenters. The molecule has 0 saturated heterocycles. The lowest BCUT2D eigenvalue weighted by Crippen LogP contribution is -2.28. The van der Waals surface area contributed by atoms with Gasteiger partial charge in [-0.25, -0.2) is 0 Å². The Morgan fingerprint density at radius 3 is 2.67 bits per heavy atom. The maximum Gasteiger partial charge on any atom is 0.133 e. The van der Waals surface area contributed by atoms with Crippen LogP contribution < -0.4 is 0 Å². The molecule has 3 nitrogen and oxygen atoms in total. The summed E-state index contributed by atoms with van der Waals surface area (Å²) in [6.45, 7) is 3.06. The smallest absolute Gasteiger partial charge is 0.133 e. The zero-order chi connectivity index (χ0) is 9.56. The predicted molar refractivity (Wildman–Crippen MR) is 49.0 cm³/mol. The highest BCUT2D eigenvalue weighted by Gasteiger charge is 2.07. The number of nitrogens with zero attached hydrogens (tertiary/aromatic N) is 2. The van der Waals surface area contributed by atoms with Gasteiger partial charge in [-0.3, -0.25) is 0 Å². The Kier molecular flexibility index (Phi) is 6.09. The molecule has 0 amide bonds. The molecule has 2 unspecified atom stereocenters. The van der Waals surface area contributed by atoms with E-state index in [1.165, 1.54) is 0 Å². The monoisotopic (exact) mass is 190 g/mol. The van der Waals surface area contributed by atoms with Gasteiger partial charge in [0.05, 0.1) is 12.2 Å². The van der Waals surface area contributed by atoms with Crippen LogP contribution in [0.25, 0.3) is 0 Å². The molecule has 0 spiro atoms. The lowest BCUT2D eigenvalue weighted by Gasteiger charge is -2.17. The molecule has 4 heteroatoms.